The van der Waals surface area contributed by atoms with E-state index in [1.165, 1.54) is 5.56 Å². The van der Waals surface area contributed by atoms with Crippen molar-refractivity contribution in [1.29, 1.82) is 0 Å². The molecule has 2 heterocycles. The van der Waals surface area contributed by atoms with Crippen LogP contribution in [0.2, 0.25) is 0 Å². The summed E-state index contributed by atoms with van der Waals surface area (Å²) in [5, 5.41) is 3.46. The molecule has 0 bridgehead atoms. The van der Waals surface area contributed by atoms with Crippen LogP contribution in [0.15, 0.2) is 54.7 Å². The van der Waals surface area contributed by atoms with E-state index in [-0.39, 0.29) is 29.8 Å². The van der Waals surface area contributed by atoms with E-state index in [0.29, 0.717) is 13.0 Å². The Morgan fingerprint density at radius 2 is 1.86 bits per heavy atom. The number of rotatable bonds is 6. The van der Waals surface area contributed by atoms with E-state index in [1.807, 2.05) is 36.4 Å². The fourth-order valence-corrected chi connectivity index (χ4v) is 3.87. The lowest BCUT2D eigenvalue weighted by molar-refractivity contribution is -0.135. The van der Waals surface area contributed by atoms with E-state index in [2.05, 4.69) is 41.2 Å². The fraction of sp³-hybridized carbons (Fsp3) is 0.478. The lowest BCUT2D eigenvalue weighted by atomic mass is 9.81. The van der Waals surface area contributed by atoms with Gasteiger partial charge in [0.2, 0.25) is 5.91 Å². The highest BCUT2D eigenvalue weighted by molar-refractivity contribution is 5.85. The maximum atomic E-state index is 13.4. The van der Waals surface area contributed by atoms with Gasteiger partial charge in [-0.3, -0.25) is 9.78 Å². The lowest BCUT2D eigenvalue weighted by Gasteiger charge is -2.34. The molecule has 1 unspecified atom stereocenters. The van der Waals surface area contributed by atoms with Crippen molar-refractivity contribution in [3.63, 3.8) is 0 Å². The highest BCUT2D eigenvalue weighted by Gasteiger charge is 2.31. The zero-order valence-corrected chi connectivity index (χ0v) is 17.8. The van der Waals surface area contributed by atoms with Crippen molar-refractivity contribution in [2.75, 3.05) is 13.1 Å². The van der Waals surface area contributed by atoms with Gasteiger partial charge < -0.3 is 10.2 Å². The Bertz CT molecular complexity index is 713. The minimum atomic E-state index is -0.191. The molecular weight excluding hydrogens is 370 g/mol. The van der Waals surface area contributed by atoms with Crippen LogP contribution >= 0.6 is 12.4 Å². The molecule has 28 heavy (non-hydrogen) atoms. The standard InChI is InChI=1S/C23H31N3O.ClH/c1-23(2,19-9-4-3-5-10-19)17-22(27)26(18-20-11-6-7-15-25-20)21-12-8-14-24-16-13-21;/h3-7,9-11,15,21,24H,8,12-14,16-18H2,1-2H3;1H. The number of halogens is 1. The number of carbonyl (C=O) groups excluding carboxylic acids is 1. The van der Waals surface area contributed by atoms with Crippen molar-refractivity contribution in [2.24, 2.45) is 0 Å². The van der Waals surface area contributed by atoms with E-state index in [0.717, 1.165) is 38.0 Å². The number of pyridine rings is 1. The molecule has 1 N–H and O–H groups in total. The summed E-state index contributed by atoms with van der Waals surface area (Å²) in [6.07, 6.45) is 5.48. The Morgan fingerprint density at radius 1 is 1.11 bits per heavy atom. The van der Waals surface area contributed by atoms with Crippen molar-refractivity contribution in [2.45, 2.75) is 57.5 Å². The SMILES string of the molecule is CC(C)(CC(=O)N(Cc1ccccn1)C1CCCNCC1)c1ccccc1.Cl. The number of amides is 1. The predicted octanol–water partition coefficient (Wildman–Crippen LogP) is 4.34. The van der Waals surface area contributed by atoms with Gasteiger partial charge in [0, 0.05) is 18.7 Å². The molecule has 4 nitrogen and oxygen atoms in total. The van der Waals surface area contributed by atoms with Crippen LogP contribution in [0, 0.1) is 0 Å². The van der Waals surface area contributed by atoms with Crippen molar-refractivity contribution in [3.8, 4) is 0 Å². The van der Waals surface area contributed by atoms with Crippen LogP contribution in [0.25, 0.3) is 0 Å². The third kappa shape index (κ3) is 6.05. The molecule has 2 aromatic rings. The summed E-state index contributed by atoms with van der Waals surface area (Å²) in [7, 11) is 0. The fourth-order valence-electron chi connectivity index (χ4n) is 3.87. The number of nitrogens with zero attached hydrogens (tertiary/aromatic N) is 2. The Kier molecular flexibility index (Phi) is 8.46. The Balaban J connectivity index is 0.00000280. The second-order valence-corrected chi connectivity index (χ2v) is 8.10. The van der Waals surface area contributed by atoms with Gasteiger partial charge in [0.25, 0.3) is 0 Å². The number of nitrogens with one attached hydrogen (secondary N) is 1. The van der Waals surface area contributed by atoms with Gasteiger partial charge in [-0.1, -0.05) is 50.2 Å². The van der Waals surface area contributed by atoms with E-state index in [1.54, 1.807) is 6.20 Å². The number of hydrogen-bond donors (Lipinski definition) is 1. The number of hydrogen-bond acceptors (Lipinski definition) is 3. The van der Waals surface area contributed by atoms with Gasteiger partial charge >= 0.3 is 0 Å². The van der Waals surface area contributed by atoms with Gasteiger partial charge in [-0.05, 0) is 55.5 Å². The van der Waals surface area contributed by atoms with Crippen LogP contribution in [0.1, 0.15) is 50.8 Å². The molecule has 0 aliphatic carbocycles. The van der Waals surface area contributed by atoms with Gasteiger partial charge in [-0.25, -0.2) is 0 Å². The minimum Gasteiger partial charge on any atom is -0.334 e. The summed E-state index contributed by atoms with van der Waals surface area (Å²) in [6, 6.07) is 16.6. The highest BCUT2D eigenvalue weighted by atomic mass is 35.5. The van der Waals surface area contributed by atoms with Crippen molar-refractivity contribution < 1.29 is 4.79 Å². The largest absolute Gasteiger partial charge is 0.334 e. The molecule has 1 fully saturated rings. The number of aromatic nitrogens is 1. The zero-order chi connectivity index (χ0) is 19.1. The number of benzene rings is 1. The van der Waals surface area contributed by atoms with Gasteiger partial charge in [0.05, 0.1) is 12.2 Å². The van der Waals surface area contributed by atoms with E-state index in [9.17, 15) is 4.79 Å². The first-order valence-electron chi connectivity index (χ1n) is 10.0. The van der Waals surface area contributed by atoms with Gasteiger partial charge in [0.15, 0.2) is 0 Å². The van der Waals surface area contributed by atoms with E-state index >= 15 is 0 Å². The monoisotopic (exact) mass is 401 g/mol. The highest BCUT2D eigenvalue weighted by Crippen LogP contribution is 2.29. The molecule has 5 heteroatoms. The smallest absolute Gasteiger partial charge is 0.224 e. The predicted molar refractivity (Wildman–Crippen MR) is 117 cm³/mol. The molecule has 1 saturated heterocycles. The summed E-state index contributed by atoms with van der Waals surface area (Å²) in [5.41, 5.74) is 1.98. The van der Waals surface area contributed by atoms with E-state index < -0.39 is 0 Å². The van der Waals surface area contributed by atoms with Crippen LogP contribution in [0.4, 0.5) is 0 Å². The molecule has 1 aliphatic rings. The van der Waals surface area contributed by atoms with Crippen LogP contribution in [-0.4, -0.2) is 34.9 Å². The first kappa shape index (κ1) is 22.4. The maximum Gasteiger partial charge on any atom is 0.224 e. The molecule has 1 aromatic carbocycles. The Hall–Kier alpha value is -1.91. The average molecular weight is 402 g/mol. The van der Waals surface area contributed by atoms with Gasteiger partial charge in [0.1, 0.15) is 0 Å². The van der Waals surface area contributed by atoms with Gasteiger partial charge in [-0.15, -0.1) is 12.4 Å². The summed E-state index contributed by atoms with van der Waals surface area (Å²) < 4.78 is 0. The minimum absolute atomic E-state index is 0. The van der Waals surface area contributed by atoms with Gasteiger partial charge in [-0.2, -0.15) is 0 Å². The second kappa shape index (κ2) is 10.6. The first-order chi connectivity index (χ1) is 13.1. The Labute approximate surface area is 175 Å². The Morgan fingerprint density at radius 3 is 2.57 bits per heavy atom. The molecule has 0 saturated carbocycles. The van der Waals surface area contributed by atoms with Crippen molar-refractivity contribution >= 4 is 18.3 Å². The summed E-state index contributed by atoms with van der Waals surface area (Å²) in [6.45, 7) is 6.92. The normalized spacial score (nSPS) is 17.3. The van der Waals surface area contributed by atoms with Crippen molar-refractivity contribution in [1.82, 2.24) is 15.2 Å². The molecule has 1 aromatic heterocycles. The average Bonchev–Trinajstić information content (AvgIpc) is 2.96. The second-order valence-electron chi connectivity index (χ2n) is 8.10. The molecule has 1 amide bonds. The molecule has 3 rings (SSSR count). The van der Waals surface area contributed by atoms with Crippen LogP contribution < -0.4 is 5.32 Å². The number of carbonyl (C=O) groups is 1. The first-order valence-corrected chi connectivity index (χ1v) is 10.0. The van der Waals surface area contributed by atoms with Crippen molar-refractivity contribution in [3.05, 3.63) is 66.0 Å². The van der Waals surface area contributed by atoms with Crippen LogP contribution in [0.3, 0.4) is 0 Å². The molecule has 0 spiro atoms. The van der Waals surface area contributed by atoms with E-state index in [4.69, 9.17) is 0 Å². The summed E-state index contributed by atoms with van der Waals surface area (Å²) >= 11 is 0. The summed E-state index contributed by atoms with van der Waals surface area (Å²) in [4.78, 5) is 20.0. The topological polar surface area (TPSA) is 45.2 Å². The van der Waals surface area contributed by atoms with Crippen LogP contribution in [0.5, 0.6) is 0 Å². The molecule has 1 aliphatic heterocycles. The molecule has 1 atom stereocenters. The lowest BCUT2D eigenvalue weighted by Crippen LogP contribution is -2.42. The zero-order valence-electron chi connectivity index (χ0n) is 16.9. The summed E-state index contributed by atoms with van der Waals surface area (Å²) in [5.74, 6) is 0.224. The molecule has 152 valence electrons. The molecule has 0 radical (unpaired) electrons. The third-order valence-electron chi connectivity index (χ3n) is 5.51. The molecular formula is C23H32ClN3O. The third-order valence-corrected chi connectivity index (χ3v) is 5.51. The maximum absolute atomic E-state index is 13.4. The quantitative estimate of drug-likeness (QED) is 0.782. The van der Waals surface area contributed by atoms with Crippen LogP contribution in [-0.2, 0) is 16.8 Å².